The van der Waals surface area contributed by atoms with Crippen molar-refractivity contribution in [3.8, 4) is 0 Å². The van der Waals surface area contributed by atoms with Gasteiger partial charge in [0.1, 0.15) is 0 Å². The average Bonchev–Trinajstić information content (AvgIpc) is 3.03. The second-order valence-electron chi connectivity index (χ2n) is 4.66. The van der Waals surface area contributed by atoms with Crippen LogP contribution in [0.1, 0.15) is 24.5 Å². The second kappa shape index (κ2) is 7.51. The summed E-state index contributed by atoms with van der Waals surface area (Å²) in [7, 11) is 1.69. The summed E-state index contributed by atoms with van der Waals surface area (Å²) >= 11 is 0. The molecule has 1 aliphatic heterocycles. The maximum Gasteiger partial charge on any atom is 0.0948 e. The normalized spacial score (nSPS) is 19.5. The fraction of sp³-hybridized carbons (Fsp3) is 0.769. The van der Waals surface area contributed by atoms with Gasteiger partial charge in [0.05, 0.1) is 19.5 Å². The van der Waals surface area contributed by atoms with E-state index in [0.29, 0.717) is 19.1 Å². The van der Waals surface area contributed by atoms with Crippen molar-refractivity contribution in [3.05, 3.63) is 18.2 Å². The third kappa shape index (κ3) is 3.80. The molecule has 1 atom stereocenters. The Morgan fingerprint density at radius 3 is 3.17 bits per heavy atom. The number of aryl methyl sites for hydroxylation is 1. The minimum Gasteiger partial charge on any atom is -0.382 e. The van der Waals surface area contributed by atoms with Gasteiger partial charge in [-0.15, -0.1) is 0 Å². The van der Waals surface area contributed by atoms with Gasteiger partial charge in [-0.25, -0.2) is 4.98 Å². The lowest BCUT2D eigenvalue weighted by atomic mass is 10.1. The van der Waals surface area contributed by atoms with Gasteiger partial charge in [0.15, 0.2) is 0 Å². The SMILES string of the molecule is COCCOCCCn1cncc1C1CCNC1. The summed E-state index contributed by atoms with van der Waals surface area (Å²) in [6.45, 7) is 5.32. The summed E-state index contributed by atoms with van der Waals surface area (Å²) in [6, 6.07) is 0. The molecule has 0 saturated carbocycles. The van der Waals surface area contributed by atoms with E-state index < -0.39 is 0 Å². The summed E-state index contributed by atoms with van der Waals surface area (Å²) in [4.78, 5) is 4.27. The molecule has 2 rings (SSSR count). The number of nitrogens with one attached hydrogen (secondary N) is 1. The van der Waals surface area contributed by atoms with Crippen LogP contribution >= 0.6 is 0 Å². The average molecular weight is 253 g/mol. The molecule has 5 nitrogen and oxygen atoms in total. The molecule has 102 valence electrons. The molecule has 0 aliphatic carbocycles. The number of imidazole rings is 1. The van der Waals surface area contributed by atoms with Crippen molar-refractivity contribution in [1.82, 2.24) is 14.9 Å². The Balaban J connectivity index is 1.70. The van der Waals surface area contributed by atoms with Gasteiger partial charge in [0.2, 0.25) is 0 Å². The Kier molecular flexibility index (Phi) is 5.64. The van der Waals surface area contributed by atoms with Crippen LogP contribution in [0.15, 0.2) is 12.5 Å². The van der Waals surface area contributed by atoms with Crippen LogP contribution in [0.25, 0.3) is 0 Å². The van der Waals surface area contributed by atoms with Crippen LogP contribution in [0.3, 0.4) is 0 Å². The maximum atomic E-state index is 5.47. The lowest BCUT2D eigenvalue weighted by Crippen LogP contribution is -2.12. The van der Waals surface area contributed by atoms with E-state index in [4.69, 9.17) is 9.47 Å². The lowest BCUT2D eigenvalue weighted by molar-refractivity contribution is 0.0679. The van der Waals surface area contributed by atoms with Crippen molar-refractivity contribution in [1.29, 1.82) is 0 Å². The molecular weight excluding hydrogens is 230 g/mol. The molecule has 1 aromatic rings. The number of hydrogen-bond donors (Lipinski definition) is 1. The molecular formula is C13H23N3O2. The molecule has 0 spiro atoms. The minimum absolute atomic E-state index is 0.627. The molecule has 5 heteroatoms. The Morgan fingerprint density at radius 2 is 2.39 bits per heavy atom. The van der Waals surface area contributed by atoms with Gasteiger partial charge >= 0.3 is 0 Å². The predicted molar refractivity (Wildman–Crippen MR) is 69.8 cm³/mol. The molecule has 0 aromatic carbocycles. The first-order chi connectivity index (χ1) is 8.92. The van der Waals surface area contributed by atoms with E-state index in [9.17, 15) is 0 Å². The van der Waals surface area contributed by atoms with Gasteiger partial charge in [-0.2, -0.15) is 0 Å². The molecule has 0 bridgehead atoms. The molecule has 1 fully saturated rings. The first-order valence-corrected chi connectivity index (χ1v) is 6.69. The first-order valence-electron chi connectivity index (χ1n) is 6.69. The fourth-order valence-corrected chi connectivity index (χ4v) is 2.35. The Hall–Kier alpha value is -0.910. The van der Waals surface area contributed by atoms with Crippen molar-refractivity contribution in [2.75, 3.05) is 40.0 Å². The van der Waals surface area contributed by atoms with Gasteiger partial charge in [-0.1, -0.05) is 0 Å². The van der Waals surface area contributed by atoms with E-state index in [1.54, 1.807) is 7.11 Å². The van der Waals surface area contributed by atoms with E-state index in [1.807, 2.05) is 12.5 Å². The zero-order valence-electron chi connectivity index (χ0n) is 11.1. The van der Waals surface area contributed by atoms with Crippen molar-refractivity contribution in [3.63, 3.8) is 0 Å². The third-order valence-corrected chi connectivity index (χ3v) is 3.34. The van der Waals surface area contributed by atoms with Crippen LogP contribution in [-0.4, -0.2) is 49.6 Å². The van der Waals surface area contributed by atoms with Crippen molar-refractivity contribution < 1.29 is 9.47 Å². The summed E-state index contributed by atoms with van der Waals surface area (Å²) < 4.78 is 12.7. The van der Waals surface area contributed by atoms with E-state index in [0.717, 1.165) is 32.7 Å². The van der Waals surface area contributed by atoms with E-state index in [1.165, 1.54) is 12.1 Å². The van der Waals surface area contributed by atoms with Gasteiger partial charge in [0.25, 0.3) is 0 Å². The number of nitrogens with zero attached hydrogens (tertiary/aromatic N) is 2. The Bertz CT molecular complexity index is 335. The summed E-state index contributed by atoms with van der Waals surface area (Å²) in [5, 5.41) is 3.40. The largest absolute Gasteiger partial charge is 0.382 e. The minimum atomic E-state index is 0.627. The molecule has 1 aliphatic rings. The van der Waals surface area contributed by atoms with Crippen LogP contribution in [0.2, 0.25) is 0 Å². The zero-order valence-corrected chi connectivity index (χ0v) is 11.1. The number of hydrogen-bond acceptors (Lipinski definition) is 4. The van der Waals surface area contributed by atoms with Crippen molar-refractivity contribution in [2.45, 2.75) is 25.3 Å². The molecule has 0 amide bonds. The van der Waals surface area contributed by atoms with E-state index in [2.05, 4.69) is 14.9 Å². The highest BCUT2D eigenvalue weighted by molar-refractivity contribution is 5.09. The number of rotatable bonds is 8. The Labute approximate surface area is 108 Å². The fourth-order valence-electron chi connectivity index (χ4n) is 2.35. The van der Waals surface area contributed by atoms with Crippen LogP contribution in [0.4, 0.5) is 0 Å². The van der Waals surface area contributed by atoms with Gasteiger partial charge < -0.3 is 19.4 Å². The molecule has 1 aromatic heterocycles. The monoisotopic (exact) mass is 253 g/mol. The highest BCUT2D eigenvalue weighted by Gasteiger charge is 2.19. The molecule has 1 unspecified atom stereocenters. The molecule has 0 radical (unpaired) electrons. The van der Waals surface area contributed by atoms with Gasteiger partial charge in [0, 0.05) is 44.6 Å². The number of aromatic nitrogens is 2. The van der Waals surface area contributed by atoms with Gasteiger partial charge in [-0.05, 0) is 19.4 Å². The Morgan fingerprint density at radius 1 is 1.44 bits per heavy atom. The predicted octanol–water partition coefficient (Wildman–Crippen LogP) is 1.01. The first kappa shape index (κ1) is 13.5. The zero-order chi connectivity index (χ0) is 12.6. The molecule has 1 saturated heterocycles. The van der Waals surface area contributed by atoms with Crippen molar-refractivity contribution >= 4 is 0 Å². The lowest BCUT2D eigenvalue weighted by Gasteiger charge is -2.12. The van der Waals surface area contributed by atoms with Crippen LogP contribution in [0, 0.1) is 0 Å². The van der Waals surface area contributed by atoms with E-state index >= 15 is 0 Å². The molecule has 1 N–H and O–H groups in total. The van der Waals surface area contributed by atoms with E-state index in [-0.39, 0.29) is 0 Å². The van der Waals surface area contributed by atoms with Crippen LogP contribution in [0.5, 0.6) is 0 Å². The number of methoxy groups -OCH3 is 1. The topological polar surface area (TPSA) is 48.3 Å². The summed E-state index contributed by atoms with van der Waals surface area (Å²) in [5.41, 5.74) is 1.36. The summed E-state index contributed by atoms with van der Waals surface area (Å²) in [5.74, 6) is 0.627. The summed E-state index contributed by atoms with van der Waals surface area (Å²) in [6.07, 6.45) is 6.18. The third-order valence-electron chi connectivity index (χ3n) is 3.34. The molecule has 2 heterocycles. The second-order valence-corrected chi connectivity index (χ2v) is 4.66. The quantitative estimate of drug-likeness (QED) is 0.703. The van der Waals surface area contributed by atoms with Crippen LogP contribution < -0.4 is 5.32 Å². The smallest absolute Gasteiger partial charge is 0.0948 e. The van der Waals surface area contributed by atoms with Crippen molar-refractivity contribution in [2.24, 2.45) is 0 Å². The number of ether oxygens (including phenoxy) is 2. The highest BCUT2D eigenvalue weighted by Crippen LogP contribution is 2.21. The maximum absolute atomic E-state index is 5.47. The molecule has 18 heavy (non-hydrogen) atoms. The van der Waals surface area contributed by atoms with Crippen LogP contribution in [-0.2, 0) is 16.0 Å². The standard InChI is InChI=1S/C13H23N3O2/c1-17-7-8-18-6-2-5-16-11-15-10-13(16)12-3-4-14-9-12/h10-12,14H,2-9H2,1H3. The highest BCUT2D eigenvalue weighted by atomic mass is 16.5. The van der Waals surface area contributed by atoms with Gasteiger partial charge in [-0.3, -0.25) is 0 Å².